The largest absolute Gasteiger partial charge is 0.502 e. The standard InChI is InChI=1S/C18H11N7O6/c19-8-13-15(10-4-2-1-3-5-10)21-18(22-17(13)27)23-20-9-11-6-12(24(28)29)7-14(16(11)26)25(30)31/h1-7,9,26H,(H2,21,22,23,27). The van der Waals surface area contributed by atoms with Crippen molar-refractivity contribution in [3.8, 4) is 23.1 Å². The summed E-state index contributed by atoms with van der Waals surface area (Å²) in [6.07, 6.45) is 0.885. The monoisotopic (exact) mass is 421 g/mol. The lowest BCUT2D eigenvalue weighted by Crippen LogP contribution is -2.16. The van der Waals surface area contributed by atoms with Gasteiger partial charge in [-0.05, 0) is 0 Å². The van der Waals surface area contributed by atoms with Crippen LogP contribution in [0.1, 0.15) is 11.1 Å². The average molecular weight is 421 g/mol. The van der Waals surface area contributed by atoms with E-state index in [0.29, 0.717) is 11.6 Å². The lowest BCUT2D eigenvalue weighted by Gasteiger charge is -2.06. The Kier molecular flexibility index (Phi) is 5.64. The topological polar surface area (TPSA) is 200 Å². The molecule has 0 bridgehead atoms. The minimum atomic E-state index is -0.973. The molecule has 3 aromatic rings. The number of hydrogen-bond acceptors (Lipinski definition) is 10. The summed E-state index contributed by atoms with van der Waals surface area (Å²) in [5, 5.41) is 44.9. The Morgan fingerprint density at radius 2 is 1.90 bits per heavy atom. The quantitative estimate of drug-likeness (QED) is 0.303. The highest BCUT2D eigenvalue weighted by Gasteiger charge is 2.23. The number of benzene rings is 2. The number of rotatable bonds is 6. The van der Waals surface area contributed by atoms with Gasteiger partial charge >= 0.3 is 5.69 Å². The first-order valence-corrected chi connectivity index (χ1v) is 8.36. The van der Waals surface area contributed by atoms with Crippen molar-refractivity contribution >= 4 is 23.5 Å². The predicted octanol–water partition coefficient (Wildman–Crippen LogP) is 2.28. The molecule has 0 saturated carbocycles. The number of nitriles is 1. The Hall–Kier alpha value is -5.12. The summed E-state index contributed by atoms with van der Waals surface area (Å²) in [6.45, 7) is 0. The molecular formula is C18H11N7O6. The van der Waals surface area contributed by atoms with Gasteiger partial charge in [0.05, 0.1) is 33.4 Å². The zero-order chi connectivity index (χ0) is 22.5. The second-order valence-corrected chi connectivity index (χ2v) is 5.90. The van der Waals surface area contributed by atoms with Gasteiger partial charge in [0, 0.05) is 11.6 Å². The lowest BCUT2D eigenvalue weighted by molar-refractivity contribution is -0.394. The fraction of sp³-hybridized carbons (Fsp3) is 0. The molecule has 3 rings (SSSR count). The van der Waals surface area contributed by atoms with Crippen LogP contribution in [0.3, 0.4) is 0 Å². The van der Waals surface area contributed by atoms with Crippen LogP contribution in [0.15, 0.2) is 52.4 Å². The summed E-state index contributed by atoms with van der Waals surface area (Å²) >= 11 is 0. The Balaban J connectivity index is 1.98. The fourth-order valence-electron chi connectivity index (χ4n) is 2.57. The number of phenolic OH excluding ortho intramolecular Hbond substituents is 1. The van der Waals surface area contributed by atoms with Gasteiger partial charge < -0.3 is 5.11 Å². The number of nitrogens with zero attached hydrogens (tertiary/aromatic N) is 5. The van der Waals surface area contributed by atoms with Crippen LogP contribution >= 0.6 is 0 Å². The van der Waals surface area contributed by atoms with E-state index in [4.69, 9.17) is 0 Å². The molecular weight excluding hydrogens is 410 g/mol. The van der Waals surface area contributed by atoms with Crippen LogP contribution in [0.25, 0.3) is 11.3 Å². The minimum absolute atomic E-state index is 0.0957. The minimum Gasteiger partial charge on any atom is -0.502 e. The number of hydrogen-bond donors (Lipinski definition) is 3. The van der Waals surface area contributed by atoms with Crippen molar-refractivity contribution in [2.75, 3.05) is 5.43 Å². The predicted molar refractivity (Wildman–Crippen MR) is 108 cm³/mol. The van der Waals surface area contributed by atoms with E-state index in [9.17, 15) is 35.4 Å². The van der Waals surface area contributed by atoms with Crippen LogP contribution in [0.5, 0.6) is 5.75 Å². The molecule has 0 saturated heterocycles. The third kappa shape index (κ3) is 4.32. The number of H-pyrrole nitrogens is 1. The molecule has 1 heterocycles. The third-order valence-corrected chi connectivity index (χ3v) is 3.96. The molecule has 0 aliphatic carbocycles. The summed E-state index contributed by atoms with van der Waals surface area (Å²) in [5.74, 6) is -0.995. The highest BCUT2D eigenvalue weighted by molar-refractivity contribution is 5.87. The SMILES string of the molecule is N#Cc1c(-c2ccccc2)nc(NN=Cc2cc([N+](=O)[O-])cc([N+](=O)[O-])c2O)[nH]c1=O. The Bertz CT molecular complexity index is 1310. The highest BCUT2D eigenvalue weighted by atomic mass is 16.6. The van der Waals surface area contributed by atoms with E-state index in [0.717, 1.165) is 12.3 Å². The zero-order valence-electron chi connectivity index (χ0n) is 15.3. The molecule has 13 nitrogen and oxygen atoms in total. The van der Waals surface area contributed by atoms with Crippen LogP contribution in [0.4, 0.5) is 17.3 Å². The molecule has 154 valence electrons. The summed E-state index contributed by atoms with van der Waals surface area (Å²) in [6, 6.07) is 11.7. The Morgan fingerprint density at radius 1 is 1.19 bits per heavy atom. The third-order valence-electron chi connectivity index (χ3n) is 3.96. The van der Waals surface area contributed by atoms with E-state index in [2.05, 4.69) is 20.5 Å². The second-order valence-electron chi connectivity index (χ2n) is 5.90. The van der Waals surface area contributed by atoms with Gasteiger partial charge in [0.1, 0.15) is 11.6 Å². The van der Waals surface area contributed by atoms with E-state index in [1.165, 1.54) is 0 Å². The Labute approximate surface area is 172 Å². The molecule has 0 unspecified atom stereocenters. The molecule has 0 atom stereocenters. The molecule has 0 spiro atoms. The van der Waals surface area contributed by atoms with Crippen molar-refractivity contribution in [3.63, 3.8) is 0 Å². The molecule has 3 N–H and O–H groups in total. The number of nitrogens with one attached hydrogen (secondary N) is 2. The average Bonchev–Trinajstić information content (AvgIpc) is 2.74. The van der Waals surface area contributed by atoms with Crippen molar-refractivity contribution in [3.05, 3.63) is 84.2 Å². The number of non-ortho nitro benzene ring substituents is 1. The summed E-state index contributed by atoms with van der Waals surface area (Å²) in [7, 11) is 0. The number of aromatic nitrogens is 2. The maximum atomic E-state index is 12.2. The van der Waals surface area contributed by atoms with Crippen LogP contribution in [-0.4, -0.2) is 31.1 Å². The van der Waals surface area contributed by atoms with Gasteiger partial charge in [0.15, 0.2) is 0 Å². The molecule has 1 aromatic heterocycles. The maximum Gasteiger partial charge on any atom is 0.318 e. The van der Waals surface area contributed by atoms with Crippen LogP contribution in [-0.2, 0) is 0 Å². The first-order valence-electron chi connectivity index (χ1n) is 8.36. The molecule has 0 amide bonds. The fourth-order valence-corrected chi connectivity index (χ4v) is 2.57. The van der Waals surface area contributed by atoms with Crippen molar-refractivity contribution in [2.45, 2.75) is 0 Å². The van der Waals surface area contributed by atoms with Gasteiger partial charge in [-0.2, -0.15) is 10.4 Å². The first-order chi connectivity index (χ1) is 14.8. The molecule has 0 fully saturated rings. The molecule has 0 aliphatic rings. The van der Waals surface area contributed by atoms with E-state index in [-0.39, 0.29) is 22.8 Å². The van der Waals surface area contributed by atoms with Gasteiger partial charge in [-0.25, -0.2) is 10.4 Å². The molecule has 13 heteroatoms. The number of hydrazone groups is 1. The van der Waals surface area contributed by atoms with Gasteiger partial charge in [-0.15, -0.1) is 0 Å². The molecule has 0 radical (unpaired) electrons. The number of anilines is 1. The van der Waals surface area contributed by atoms with Crippen molar-refractivity contribution in [1.82, 2.24) is 9.97 Å². The van der Waals surface area contributed by atoms with Crippen LogP contribution in [0, 0.1) is 31.6 Å². The van der Waals surface area contributed by atoms with E-state index in [1.54, 1.807) is 36.4 Å². The maximum absolute atomic E-state index is 12.2. The number of aromatic amines is 1. The van der Waals surface area contributed by atoms with E-state index >= 15 is 0 Å². The summed E-state index contributed by atoms with van der Waals surface area (Å²) < 4.78 is 0. The highest BCUT2D eigenvalue weighted by Crippen LogP contribution is 2.33. The normalized spacial score (nSPS) is 10.5. The first kappa shape index (κ1) is 20.6. The molecule has 2 aromatic carbocycles. The van der Waals surface area contributed by atoms with Crippen molar-refractivity contribution in [1.29, 1.82) is 5.26 Å². The van der Waals surface area contributed by atoms with Gasteiger partial charge in [-0.3, -0.25) is 30.0 Å². The van der Waals surface area contributed by atoms with Crippen LogP contribution in [0.2, 0.25) is 0 Å². The summed E-state index contributed by atoms with van der Waals surface area (Å²) in [4.78, 5) is 38.8. The zero-order valence-corrected chi connectivity index (χ0v) is 15.3. The van der Waals surface area contributed by atoms with Gasteiger partial charge in [-0.1, -0.05) is 30.3 Å². The number of nitro groups is 2. The number of aromatic hydroxyl groups is 1. The lowest BCUT2D eigenvalue weighted by atomic mass is 10.1. The van der Waals surface area contributed by atoms with Crippen molar-refractivity contribution in [2.24, 2.45) is 5.10 Å². The Morgan fingerprint density at radius 3 is 2.52 bits per heavy atom. The van der Waals surface area contributed by atoms with E-state index in [1.807, 2.05) is 0 Å². The van der Waals surface area contributed by atoms with E-state index < -0.39 is 32.5 Å². The number of phenols is 1. The van der Waals surface area contributed by atoms with Crippen LogP contribution < -0.4 is 11.0 Å². The van der Waals surface area contributed by atoms with Gasteiger partial charge in [0.2, 0.25) is 11.7 Å². The molecule has 31 heavy (non-hydrogen) atoms. The summed E-state index contributed by atoms with van der Waals surface area (Å²) in [5.41, 5.74) is 0.210. The second kappa shape index (κ2) is 8.49. The smallest absolute Gasteiger partial charge is 0.318 e. The van der Waals surface area contributed by atoms with Crippen molar-refractivity contribution < 1.29 is 15.0 Å². The molecule has 0 aliphatic heterocycles. The van der Waals surface area contributed by atoms with Gasteiger partial charge in [0.25, 0.3) is 11.2 Å². The number of nitro benzene ring substituents is 2.